The van der Waals surface area contributed by atoms with E-state index in [-0.39, 0.29) is 0 Å². The molecule has 0 unspecified atom stereocenters. The molecular weight excluding hydrogens is 436 g/mol. The van der Waals surface area contributed by atoms with Crippen LogP contribution in [0.25, 0.3) is 5.70 Å². The number of aldehydes is 1. The van der Waals surface area contributed by atoms with Gasteiger partial charge in [0.2, 0.25) is 0 Å². The Bertz CT molecular complexity index is 1040. The first-order chi connectivity index (χ1) is 16.8. The minimum Gasteiger partial charge on any atom is -0.496 e. The molecule has 1 aliphatic carbocycles. The van der Waals surface area contributed by atoms with Crippen molar-refractivity contribution >= 4 is 17.7 Å². The first kappa shape index (κ1) is 29.3. The first-order valence-electron chi connectivity index (χ1n) is 12.1. The molecule has 2 aromatic rings. The van der Waals surface area contributed by atoms with Gasteiger partial charge >= 0.3 is 0 Å². The highest BCUT2D eigenvalue weighted by atomic mass is 16.5. The molecule has 0 heterocycles. The highest BCUT2D eigenvalue weighted by molar-refractivity contribution is 5.68. The van der Waals surface area contributed by atoms with E-state index in [4.69, 9.17) is 15.7 Å². The minimum atomic E-state index is 0.390. The fourth-order valence-corrected chi connectivity index (χ4v) is 3.59. The maximum atomic E-state index is 10.3. The molecule has 1 aliphatic rings. The smallest absolute Gasteiger partial charge is 0.123 e. The molecule has 0 aliphatic heterocycles. The predicted molar refractivity (Wildman–Crippen MR) is 143 cm³/mol. The lowest BCUT2D eigenvalue weighted by Crippen LogP contribution is -2.12. The fourth-order valence-electron chi connectivity index (χ4n) is 3.59. The molecule has 6 nitrogen and oxygen atoms in total. The van der Waals surface area contributed by atoms with Crippen molar-refractivity contribution in [2.45, 2.75) is 59.4 Å². The molecule has 0 spiro atoms. The van der Waals surface area contributed by atoms with Gasteiger partial charge in [-0.05, 0) is 54.7 Å². The second-order valence-corrected chi connectivity index (χ2v) is 8.75. The van der Waals surface area contributed by atoms with Crippen LogP contribution in [0.15, 0.2) is 43.0 Å². The van der Waals surface area contributed by atoms with Crippen molar-refractivity contribution in [3.63, 3.8) is 0 Å². The number of carbonyl (C=O) groups is 1. The maximum absolute atomic E-state index is 10.3. The number of hydrogen-bond acceptors (Lipinski definition) is 6. The van der Waals surface area contributed by atoms with Crippen LogP contribution in [0.1, 0.15) is 75.1 Å². The van der Waals surface area contributed by atoms with Crippen LogP contribution in [0.3, 0.4) is 0 Å². The number of nitrogens with one attached hydrogen (secondary N) is 1. The van der Waals surface area contributed by atoms with Gasteiger partial charge in [-0.3, -0.25) is 0 Å². The van der Waals surface area contributed by atoms with E-state index < -0.39 is 0 Å². The number of anilines is 1. The number of ether oxygens (including phenoxy) is 1. The summed E-state index contributed by atoms with van der Waals surface area (Å²) in [6.45, 7) is 10.6. The molecule has 2 aromatic carbocycles. The van der Waals surface area contributed by atoms with Gasteiger partial charge in [-0.15, -0.1) is 0 Å². The number of benzene rings is 2. The maximum Gasteiger partial charge on any atom is 0.123 e. The molecule has 0 radical (unpaired) electrons. The van der Waals surface area contributed by atoms with Gasteiger partial charge < -0.3 is 20.6 Å². The molecule has 35 heavy (non-hydrogen) atoms. The van der Waals surface area contributed by atoms with Gasteiger partial charge in [0, 0.05) is 23.7 Å². The zero-order valence-electron chi connectivity index (χ0n) is 21.4. The van der Waals surface area contributed by atoms with Crippen molar-refractivity contribution in [3.8, 4) is 17.9 Å². The lowest BCUT2D eigenvalue weighted by molar-refractivity contribution is -0.112. The summed E-state index contributed by atoms with van der Waals surface area (Å²) in [5.74, 6) is 1.93. The van der Waals surface area contributed by atoms with Crippen molar-refractivity contribution in [1.82, 2.24) is 0 Å². The zero-order chi connectivity index (χ0) is 26.2. The van der Waals surface area contributed by atoms with Gasteiger partial charge in [0.15, 0.2) is 0 Å². The van der Waals surface area contributed by atoms with E-state index in [1.54, 1.807) is 43.5 Å². The highest BCUT2D eigenvalue weighted by Crippen LogP contribution is 2.26. The Morgan fingerprint density at radius 2 is 1.80 bits per heavy atom. The van der Waals surface area contributed by atoms with Gasteiger partial charge in [-0.25, -0.2) is 0 Å². The Kier molecular flexibility index (Phi) is 13.3. The summed E-state index contributed by atoms with van der Waals surface area (Å²) >= 11 is 0. The Morgan fingerprint density at radius 1 is 1.14 bits per heavy atom. The second-order valence-electron chi connectivity index (χ2n) is 8.75. The van der Waals surface area contributed by atoms with Crippen LogP contribution in [0.5, 0.6) is 5.75 Å². The Balaban J connectivity index is 0.000000422. The van der Waals surface area contributed by atoms with Crippen molar-refractivity contribution < 1.29 is 9.53 Å². The van der Waals surface area contributed by atoms with Crippen LogP contribution < -0.4 is 15.8 Å². The van der Waals surface area contributed by atoms with Gasteiger partial charge in [0.25, 0.3) is 0 Å². The molecule has 6 heteroatoms. The summed E-state index contributed by atoms with van der Waals surface area (Å²) in [6.07, 6.45) is 7.13. The average molecular weight is 475 g/mol. The molecule has 0 bridgehead atoms. The quantitative estimate of drug-likeness (QED) is 0.468. The number of hydrogen-bond donors (Lipinski definition) is 2. The van der Waals surface area contributed by atoms with Crippen LogP contribution in [0.4, 0.5) is 5.69 Å². The Labute approximate surface area is 210 Å². The summed E-state index contributed by atoms with van der Waals surface area (Å²) in [4.78, 5) is 10.3. The number of nitriles is 2. The zero-order valence-corrected chi connectivity index (χ0v) is 21.4. The standard InChI is InChI=1S/C18H16N4O.C8H14O.C3H8/c1-12(21)14-4-5-17(15(8-14)10-20)22-11-16-7-13(9-19)3-6-18(16)23-2;1-7-2-4-8(6-9)5-3-7;1-3-2/h3-8,22H,1,11,21H2,2H3;6-8H,2-5H2,1H3;3H2,1-2H3. The number of carbonyl (C=O) groups excluding carboxylic acids is 1. The lowest BCUT2D eigenvalue weighted by atomic mass is 9.84. The lowest BCUT2D eigenvalue weighted by Gasteiger charge is -2.21. The monoisotopic (exact) mass is 474 g/mol. The normalized spacial score (nSPS) is 16.1. The summed E-state index contributed by atoms with van der Waals surface area (Å²) in [5.41, 5.74) is 9.33. The fraction of sp³-hybridized carbons (Fsp3) is 0.414. The molecule has 1 fully saturated rings. The second kappa shape index (κ2) is 16.0. The number of nitrogens with zero attached hydrogens (tertiary/aromatic N) is 2. The summed E-state index contributed by atoms with van der Waals surface area (Å²) in [7, 11) is 1.58. The van der Waals surface area contributed by atoms with Crippen LogP contribution in [0.2, 0.25) is 0 Å². The molecule has 0 amide bonds. The molecule has 3 N–H and O–H groups in total. The predicted octanol–water partition coefficient (Wildman–Crippen LogP) is 6.41. The number of nitrogens with two attached hydrogens (primary N) is 1. The van der Waals surface area contributed by atoms with Gasteiger partial charge in [-0.1, -0.05) is 52.7 Å². The van der Waals surface area contributed by atoms with Crippen molar-refractivity contribution in [3.05, 3.63) is 65.2 Å². The number of rotatable bonds is 6. The van der Waals surface area contributed by atoms with Crippen LogP contribution in [-0.4, -0.2) is 13.4 Å². The molecule has 186 valence electrons. The molecule has 0 saturated heterocycles. The van der Waals surface area contributed by atoms with Gasteiger partial charge in [0.1, 0.15) is 18.1 Å². The minimum absolute atomic E-state index is 0.390. The third kappa shape index (κ3) is 9.94. The molecular formula is C29H38N4O2. The van der Waals surface area contributed by atoms with E-state index in [1.807, 2.05) is 0 Å². The van der Waals surface area contributed by atoms with E-state index >= 15 is 0 Å². The summed E-state index contributed by atoms with van der Waals surface area (Å²) in [6, 6.07) is 14.7. The molecule has 0 aromatic heterocycles. The van der Waals surface area contributed by atoms with E-state index in [0.717, 1.165) is 36.2 Å². The summed E-state index contributed by atoms with van der Waals surface area (Å²) < 4.78 is 5.30. The largest absolute Gasteiger partial charge is 0.496 e. The van der Waals surface area contributed by atoms with Crippen LogP contribution in [-0.2, 0) is 11.3 Å². The molecule has 3 rings (SSSR count). The van der Waals surface area contributed by atoms with Crippen LogP contribution >= 0.6 is 0 Å². The Morgan fingerprint density at radius 3 is 2.31 bits per heavy atom. The Hall–Kier alpha value is -3.77. The van der Waals surface area contributed by atoms with Crippen LogP contribution in [0, 0.1) is 34.5 Å². The van der Waals surface area contributed by atoms with E-state index in [9.17, 15) is 10.1 Å². The highest BCUT2D eigenvalue weighted by Gasteiger charge is 2.16. The first-order valence-corrected chi connectivity index (χ1v) is 12.1. The summed E-state index contributed by atoms with van der Waals surface area (Å²) in [5, 5.41) is 21.5. The third-order valence-electron chi connectivity index (χ3n) is 5.64. The SMILES string of the molecule is C=C(N)c1ccc(NCc2cc(C#N)ccc2OC)c(C#N)c1.CC1CCC(C=O)CC1.CCC. The van der Waals surface area contributed by atoms with E-state index in [1.165, 1.54) is 19.3 Å². The van der Waals surface area contributed by atoms with Gasteiger partial charge in [0.05, 0.1) is 30.0 Å². The molecule has 1 saturated carbocycles. The van der Waals surface area contributed by atoms with Crippen molar-refractivity contribution in [1.29, 1.82) is 10.5 Å². The topological polar surface area (TPSA) is 112 Å². The number of methoxy groups -OCH3 is 1. The van der Waals surface area contributed by atoms with E-state index in [2.05, 4.69) is 44.8 Å². The van der Waals surface area contributed by atoms with Crippen molar-refractivity contribution in [2.75, 3.05) is 12.4 Å². The van der Waals surface area contributed by atoms with Crippen molar-refractivity contribution in [2.24, 2.45) is 17.6 Å². The third-order valence-corrected chi connectivity index (χ3v) is 5.64. The average Bonchev–Trinajstić information content (AvgIpc) is 2.88. The van der Waals surface area contributed by atoms with Gasteiger partial charge in [-0.2, -0.15) is 10.5 Å². The molecule has 0 atom stereocenters. The van der Waals surface area contributed by atoms with E-state index in [0.29, 0.717) is 40.7 Å².